The van der Waals surface area contributed by atoms with Crippen LogP contribution in [0, 0.1) is 10.5 Å². The summed E-state index contributed by atoms with van der Waals surface area (Å²) in [6, 6.07) is 3.87. The SMILES string of the molecule is Cc1c(N)cc(I)cc1CN=[N+]=[N-]. The van der Waals surface area contributed by atoms with Crippen molar-refractivity contribution in [2.45, 2.75) is 13.5 Å². The number of halogens is 1. The van der Waals surface area contributed by atoms with E-state index in [-0.39, 0.29) is 0 Å². The Bertz CT molecular complexity index is 369. The molecule has 0 aliphatic heterocycles. The molecule has 0 heterocycles. The first-order valence-corrected chi connectivity index (χ1v) is 4.78. The molecule has 0 aliphatic rings. The summed E-state index contributed by atoms with van der Waals surface area (Å²) < 4.78 is 1.06. The molecule has 0 amide bonds. The molecule has 1 aromatic carbocycles. The van der Waals surface area contributed by atoms with Crippen molar-refractivity contribution >= 4 is 28.3 Å². The van der Waals surface area contributed by atoms with E-state index in [4.69, 9.17) is 11.3 Å². The minimum Gasteiger partial charge on any atom is -0.398 e. The highest BCUT2D eigenvalue weighted by Crippen LogP contribution is 2.20. The van der Waals surface area contributed by atoms with Crippen LogP contribution in [0.15, 0.2) is 17.2 Å². The molecule has 0 atom stereocenters. The van der Waals surface area contributed by atoms with Crippen molar-refractivity contribution in [3.05, 3.63) is 37.3 Å². The summed E-state index contributed by atoms with van der Waals surface area (Å²) in [5, 5.41) is 3.51. The van der Waals surface area contributed by atoms with Crippen molar-refractivity contribution in [2.24, 2.45) is 5.11 Å². The van der Waals surface area contributed by atoms with Crippen LogP contribution in [0.2, 0.25) is 0 Å². The Balaban J connectivity index is 3.12. The van der Waals surface area contributed by atoms with Crippen molar-refractivity contribution in [2.75, 3.05) is 5.73 Å². The first-order valence-electron chi connectivity index (χ1n) is 3.70. The Morgan fingerprint density at radius 2 is 2.31 bits per heavy atom. The Labute approximate surface area is 89.9 Å². The highest BCUT2D eigenvalue weighted by atomic mass is 127. The third-order valence-electron chi connectivity index (χ3n) is 1.82. The summed E-state index contributed by atoms with van der Waals surface area (Å²) in [6.45, 7) is 2.29. The van der Waals surface area contributed by atoms with E-state index in [0.29, 0.717) is 6.54 Å². The highest BCUT2D eigenvalue weighted by Gasteiger charge is 2.02. The first kappa shape index (κ1) is 10.1. The van der Waals surface area contributed by atoms with Crippen molar-refractivity contribution in [1.29, 1.82) is 0 Å². The van der Waals surface area contributed by atoms with Gasteiger partial charge in [-0.2, -0.15) is 0 Å². The molecular formula is C8H9IN4. The number of hydrogen-bond acceptors (Lipinski definition) is 2. The monoisotopic (exact) mass is 288 g/mol. The van der Waals surface area contributed by atoms with Crippen LogP contribution in [0.25, 0.3) is 10.4 Å². The van der Waals surface area contributed by atoms with Gasteiger partial charge in [0, 0.05) is 14.2 Å². The lowest BCUT2D eigenvalue weighted by atomic mass is 10.1. The Morgan fingerprint density at radius 1 is 1.62 bits per heavy atom. The van der Waals surface area contributed by atoms with E-state index in [1.54, 1.807) is 0 Å². The van der Waals surface area contributed by atoms with Crippen molar-refractivity contribution in [1.82, 2.24) is 0 Å². The van der Waals surface area contributed by atoms with Gasteiger partial charge in [0.1, 0.15) is 0 Å². The smallest absolute Gasteiger partial charge is 0.0514 e. The zero-order valence-corrected chi connectivity index (χ0v) is 9.32. The average molecular weight is 288 g/mol. The minimum absolute atomic E-state index is 0.364. The molecule has 0 saturated carbocycles. The number of benzene rings is 1. The number of anilines is 1. The summed E-state index contributed by atoms with van der Waals surface area (Å²) in [5.41, 5.74) is 16.7. The van der Waals surface area contributed by atoms with Crippen molar-refractivity contribution in [3.63, 3.8) is 0 Å². The first-order chi connectivity index (χ1) is 6.15. The van der Waals surface area contributed by atoms with Crippen LogP contribution in [0.3, 0.4) is 0 Å². The minimum atomic E-state index is 0.364. The summed E-state index contributed by atoms with van der Waals surface area (Å²) in [4.78, 5) is 2.71. The molecule has 1 rings (SSSR count). The molecule has 0 aromatic heterocycles. The van der Waals surface area contributed by atoms with Crippen LogP contribution < -0.4 is 5.73 Å². The van der Waals surface area contributed by atoms with E-state index in [1.807, 2.05) is 19.1 Å². The van der Waals surface area contributed by atoms with Crippen LogP contribution in [0.1, 0.15) is 11.1 Å². The fourth-order valence-corrected chi connectivity index (χ4v) is 1.74. The maximum Gasteiger partial charge on any atom is 0.0514 e. The lowest BCUT2D eigenvalue weighted by Gasteiger charge is -2.06. The Kier molecular flexibility index (Phi) is 3.39. The fraction of sp³-hybridized carbons (Fsp3) is 0.250. The van der Waals surface area contributed by atoms with E-state index in [0.717, 1.165) is 20.4 Å². The van der Waals surface area contributed by atoms with Gasteiger partial charge in [0.25, 0.3) is 0 Å². The van der Waals surface area contributed by atoms with Crippen LogP contribution in [0.4, 0.5) is 5.69 Å². The second-order valence-electron chi connectivity index (χ2n) is 2.67. The largest absolute Gasteiger partial charge is 0.398 e. The van der Waals surface area contributed by atoms with Gasteiger partial charge in [-0.1, -0.05) is 5.11 Å². The maximum absolute atomic E-state index is 8.18. The van der Waals surface area contributed by atoms with E-state index in [9.17, 15) is 0 Å². The van der Waals surface area contributed by atoms with E-state index in [1.165, 1.54) is 0 Å². The molecule has 0 saturated heterocycles. The number of azide groups is 1. The summed E-state index contributed by atoms with van der Waals surface area (Å²) in [7, 11) is 0. The van der Waals surface area contributed by atoms with E-state index >= 15 is 0 Å². The third kappa shape index (κ3) is 2.50. The van der Waals surface area contributed by atoms with Crippen LogP contribution in [-0.2, 0) is 6.54 Å². The molecule has 0 aliphatic carbocycles. The molecule has 0 radical (unpaired) electrons. The van der Waals surface area contributed by atoms with Crippen LogP contribution >= 0.6 is 22.6 Å². The van der Waals surface area contributed by atoms with E-state index < -0.39 is 0 Å². The van der Waals surface area contributed by atoms with Gasteiger partial charge >= 0.3 is 0 Å². The Morgan fingerprint density at radius 3 is 2.92 bits per heavy atom. The van der Waals surface area contributed by atoms with Gasteiger partial charge in [0.2, 0.25) is 0 Å². The van der Waals surface area contributed by atoms with Gasteiger partial charge in [-0.3, -0.25) is 0 Å². The molecule has 2 N–H and O–H groups in total. The molecule has 68 valence electrons. The predicted molar refractivity (Wildman–Crippen MR) is 61.2 cm³/mol. The van der Waals surface area contributed by atoms with Crippen LogP contribution in [0.5, 0.6) is 0 Å². The number of nitrogens with two attached hydrogens (primary N) is 1. The molecule has 0 bridgehead atoms. The number of nitrogens with zero attached hydrogens (tertiary/aromatic N) is 3. The predicted octanol–water partition coefficient (Wildman–Crippen LogP) is 2.99. The molecule has 5 heteroatoms. The summed E-state index contributed by atoms with van der Waals surface area (Å²) in [5.74, 6) is 0. The fourth-order valence-electron chi connectivity index (χ4n) is 1.03. The van der Waals surface area contributed by atoms with Gasteiger partial charge in [-0.05, 0) is 58.3 Å². The van der Waals surface area contributed by atoms with Gasteiger partial charge in [-0.15, -0.1) is 0 Å². The van der Waals surface area contributed by atoms with Gasteiger partial charge in [0.15, 0.2) is 0 Å². The number of rotatable bonds is 2. The second kappa shape index (κ2) is 4.34. The van der Waals surface area contributed by atoms with Gasteiger partial charge < -0.3 is 5.73 Å². The van der Waals surface area contributed by atoms with Crippen molar-refractivity contribution < 1.29 is 0 Å². The molecule has 0 unspecified atom stereocenters. The Hall–Kier alpha value is -0.940. The van der Waals surface area contributed by atoms with Gasteiger partial charge in [0.05, 0.1) is 6.54 Å². The lowest BCUT2D eigenvalue weighted by molar-refractivity contribution is 1.03. The number of hydrogen-bond donors (Lipinski definition) is 1. The zero-order chi connectivity index (χ0) is 9.84. The molecule has 4 nitrogen and oxygen atoms in total. The average Bonchev–Trinajstić information content (AvgIpc) is 2.09. The molecule has 0 spiro atoms. The standard InChI is InChI=1S/C8H9IN4/c1-5-6(4-12-13-11)2-7(9)3-8(5)10/h2-3H,4,10H2,1H3. The quantitative estimate of drug-likeness (QED) is 0.293. The molecular weight excluding hydrogens is 279 g/mol. The zero-order valence-electron chi connectivity index (χ0n) is 7.16. The van der Waals surface area contributed by atoms with Gasteiger partial charge in [-0.25, -0.2) is 0 Å². The molecule has 0 fully saturated rings. The van der Waals surface area contributed by atoms with E-state index in [2.05, 4.69) is 32.6 Å². The summed E-state index contributed by atoms with van der Waals surface area (Å²) >= 11 is 2.18. The third-order valence-corrected chi connectivity index (χ3v) is 2.45. The number of nitrogen functional groups attached to an aromatic ring is 1. The maximum atomic E-state index is 8.18. The molecule has 1 aromatic rings. The topological polar surface area (TPSA) is 74.8 Å². The summed E-state index contributed by atoms with van der Waals surface area (Å²) in [6.07, 6.45) is 0. The highest BCUT2D eigenvalue weighted by molar-refractivity contribution is 14.1. The van der Waals surface area contributed by atoms with Crippen LogP contribution in [-0.4, -0.2) is 0 Å². The normalized spacial score (nSPS) is 9.38. The molecule has 13 heavy (non-hydrogen) atoms. The van der Waals surface area contributed by atoms with Crippen molar-refractivity contribution in [3.8, 4) is 0 Å². The lowest BCUT2D eigenvalue weighted by Crippen LogP contribution is -1.95. The second-order valence-corrected chi connectivity index (χ2v) is 3.91.